The van der Waals surface area contributed by atoms with Gasteiger partial charge in [0, 0.05) is 18.8 Å². The number of pyridine rings is 1. The molecule has 3 heterocycles. The maximum absolute atomic E-state index is 9.63. The Morgan fingerprint density at radius 3 is 2.63 bits per heavy atom. The molecule has 5 rings (SSSR count). The number of nitrogens with one attached hydrogen (secondary N) is 2. The summed E-state index contributed by atoms with van der Waals surface area (Å²) in [5, 5.41) is 17.7. The third-order valence-corrected chi connectivity index (χ3v) is 7.97. The molecule has 0 radical (unpaired) electrons. The number of rotatable bonds is 7. The second-order valence-electron chi connectivity index (χ2n) is 9.54. The van der Waals surface area contributed by atoms with E-state index in [9.17, 15) is 5.11 Å². The van der Waals surface area contributed by atoms with E-state index >= 15 is 0 Å². The van der Waals surface area contributed by atoms with E-state index in [1.165, 1.54) is 11.1 Å². The van der Waals surface area contributed by atoms with Crippen LogP contribution in [0.1, 0.15) is 54.7 Å². The summed E-state index contributed by atoms with van der Waals surface area (Å²) in [5.74, 6) is 1.74. The van der Waals surface area contributed by atoms with Gasteiger partial charge in [0.25, 0.3) is 0 Å². The number of aromatic nitrogens is 4. The van der Waals surface area contributed by atoms with Crippen LogP contribution in [0.4, 0.5) is 11.8 Å². The normalized spacial score (nSPS) is 18.7. The highest BCUT2D eigenvalue weighted by Crippen LogP contribution is 2.38. The summed E-state index contributed by atoms with van der Waals surface area (Å²) in [5.41, 5.74) is 6.12. The molecule has 1 aromatic carbocycles. The number of hydrogen-bond acceptors (Lipinski definition) is 8. The summed E-state index contributed by atoms with van der Waals surface area (Å²) in [7, 11) is 0. The van der Waals surface area contributed by atoms with Gasteiger partial charge in [0.2, 0.25) is 5.95 Å². The first kappa shape index (κ1) is 23.6. The quantitative estimate of drug-likeness (QED) is 0.302. The average molecular weight is 489 g/mol. The van der Waals surface area contributed by atoms with E-state index in [4.69, 9.17) is 15.0 Å². The predicted molar refractivity (Wildman–Crippen MR) is 143 cm³/mol. The van der Waals surface area contributed by atoms with Crippen molar-refractivity contribution in [2.45, 2.75) is 59.0 Å². The third kappa shape index (κ3) is 4.86. The van der Waals surface area contributed by atoms with Crippen molar-refractivity contribution in [3.05, 3.63) is 59.0 Å². The number of benzene rings is 1. The zero-order valence-corrected chi connectivity index (χ0v) is 21.5. The molecule has 3 atom stereocenters. The van der Waals surface area contributed by atoms with Gasteiger partial charge in [-0.25, -0.2) is 9.97 Å². The Labute approximate surface area is 210 Å². The van der Waals surface area contributed by atoms with Gasteiger partial charge >= 0.3 is 0 Å². The molecule has 3 N–H and O–H groups in total. The minimum atomic E-state index is 0.0655. The van der Waals surface area contributed by atoms with Crippen molar-refractivity contribution in [2.24, 2.45) is 5.92 Å². The van der Waals surface area contributed by atoms with Crippen molar-refractivity contribution in [1.82, 2.24) is 19.9 Å². The monoisotopic (exact) mass is 488 g/mol. The second kappa shape index (κ2) is 9.87. The summed E-state index contributed by atoms with van der Waals surface area (Å²) in [6.45, 7) is 8.50. The molecule has 0 bridgehead atoms. The Hall–Kier alpha value is -3.10. The number of aliphatic hydroxyl groups is 1. The fourth-order valence-electron chi connectivity index (χ4n) is 5.00. The summed E-state index contributed by atoms with van der Waals surface area (Å²) >= 11 is 1.64. The van der Waals surface area contributed by atoms with Gasteiger partial charge in [-0.3, -0.25) is 4.98 Å². The van der Waals surface area contributed by atoms with Crippen LogP contribution in [0, 0.1) is 26.7 Å². The van der Waals surface area contributed by atoms with Gasteiger partial charge in [-0.1, -0.05) is 24.3 Å². The van der Waals surface area contributed by atoms with E-state index in [1.807, 2.05) is 26.1 Å². The van der Waals surface area contributed by atoms with Crippen LogP contribution in [0.15, 0.2) is 36.5 Å². The van der Waals surface area contributed by atoms with Crippen molar-refractivity contribution in [3.63, 3.8) is 0 Å². The lowest BCUT2D eigenvalue weighted by Gasteiger charge is -2.21. The van der Waals surface area contributed by atoms with Crippen molar-refractivity contribution < 1.29 is 5.11 Å². The van der Waals surface area contributed by atoms with Crippen molar-refractivity contribution >= 4 is 33.3 Å². The molecular weight excluding hydrogens is 456 g/mol. The number of thiazole rings is 1. The molecule has 8 heteroatoms. The summed E-state index contributed by atoms with van der Waals surface area (Å²) < 4.78 is 1.11. The first-order valence-electron chi connectivity index (χ1n) is 12.2. The molecule has 0 aliphatic heterocycles. The lowest BCUT2D eigenvalue weighted by Crippen LogP contribution is -2.20. The van der Waals surface area contributed by atoms with Gasteiger partial charge in [0.15, 0.2) is 0 Å². The molecular formula is C27H32N6OS. The number of hydrogen-bond donors (Lipinski definition) is 3. The maximum atomic E-state index is 9.63. The molecule has 1 aliphatic carbocycles. The highest BCUT2D eigenvalue weighted by Gasteiger charge is 2.27. The van der Waals surface area contributed by atoms with Crippen molar-refractivity contribution in [1.29, 1.82) is 0 Å². The van der Waals surface area contributed by atoms with Crippen LogP contribution in [-0.4, -0.2) is 37.7 Å². The molecule has 3 aromatic heterocycles. The smallest absolute Gasteiger partial charge is 0.225 e. The Morgan fingerprint density at radius 2 is 1.89 bits per heavy atom. The van der Waals surface area contributed by atoms with Crippen molar-refractivity contribution in [2.75, 3.05) is 17.2 Å². The summed E-state index contributed by atoms with van der Waals surface area (Å²) in [6.07, 6.45) is 4.80. The topological polar surface area (TPSA) is 95.9 Å². The van der Waals surface area contributed by atoms with Gasteiger partial charge < -0.3 is 15.7 Å². The minimum absolute atomic E-state index is 0.0655. The average Bonchev–Trinajstić information content (AvgIpc) is 3.46. The number of aryl methyl sites for hydroxylation is 3. The van der Waals surface area contributed by atoms with Crippen molar-refractivity contribution in [3.8, 4) is 10.6 Å². The molecule has 35 heavy (non-hydrogen) atoms. The number of aliphatic hydroxyl groups excluding tert-OH is 1. The highest BCUT2D eigenvalue weighted by molar-refractivity contribution is 7.21. The van der Waals surface area contributed by atoms with Gasteiger partial charge in [-0.05, 0) is 70.1 Å². The van der Waals surface area contributed by atoms with E-state index in [0.29, 0.717) is 11.9 Å². The largest absolute Gasteiger partial charge is 0.396 e. The molecule has 1 aliphatic rings. The number of anilines is 2. The minimum Gasteiger partial charge on any atom is -0.396 e. The molecule has 0 amide bonds. The fraction of sp³-hybridized carbons (Fsp3) is 0.407. The van der Waals surface area contributed by atoms with E-state index in [-0.39, 0.29) is 18.7 Å². The first-order chi connectivity index (χ1) is 16.9. The molecule has 7 nitrogen and oxygen atoms in total. The number of nitrogens with zero attached hydrogens (tertiary/aromatic N) is 4. The summed E-state index contributed by atoms with van der Waals surface area (Å²) in [6, 6.07) is 10.7. The van der Waals surface area contributed by atoms with Crippen LogP contribution in [0.2, 0.25) is 0 Å². The molecule has 0 saturated heterocycles. The van der Waals surface area contributed by atoms with Crippen LogP contribution < -0.4 is 10.6 Å². The summed E-state index contributed by atoms with van der Waals surface area (Å²) in [4.78, 5) is 19.2. The van der Waals surface area contributed by atoms with Crippen LogP contribution in [0.5, 0.6) is 0 Å². The zero-order chi connectivity index (χ0) is 24.5. The van der Waals surface area contributed by atoms with Crippen LogP contribution in [-0.2, 0) is 0 Å². The van der Waals surface area contributed by atoms with Gasteiger partial charge in [-0.2, -0.15) is 4.98 Å². The van der Waals surface area contributed by atoms with Gasteiger partial charge in [-0.15, -0.1) is 11.3 Å². The lowest BCUT2D eigenvalue weighted by atomic mass is 10.0. The third-order valence-electron chi connectivity index (χ3n) is 6.93. The predicted octanol–water partition coefficient (Wildman–Crippen LogP) is 5.82. The van der Waals surface area contributed by atoms with Gasteiger partial charge in [0.1, 0.15) is 16.3 Å². The Kier molecular flexibility index (Phi) is 6.67. The molecule has 182 valence electrons. The van der Waals surface area contributed by atoms with Crippen LogP contribution in [0.25, 0.3) is 20.8 Å². The Bertz CT molecular complexity index is 1350. The van der Waals surface area contributed by atoms with Crippen LogP contribution in [0.3, 0.4) is 0 Å². The molecule has 0 spiro atoms. The van der Waals surface area contributed by atoms with Gasteiger partial charge in [0.05, 0.1) is 27.7 Å². The highest BCUT2D eigenvalue weighted by atomic mass is 32.1. The molecule has 1 saturated carbocycles. The number of fused-ring (bicyclic) bond motifs is 1. The maximum Gasteiger partial charge on any atom is 0.225 e. The SMILES string of the molecule is Cc1ccccc1[C@@H](C)Nc1nc(C)c(-c2nc3c(C)nccc3s2)c(N[C@H]2CC[C@@H](CO)C2)n1. The van der Waals surface area contributed by atoms with E-state index < -0.39 is 0 Å². The second-order valence-corrected chi connectivity index (χ2v) is 10.6. The molecule has 0 unspecified atom stereocenters. The zero-order valence-electron chi connectivity index (χ0n) is 20.7. The van der Waals surface area contributed by atoms with Crippen LogP contribution >= 0.6 is 11.3 Å². The Morgan fingerprint density at radius 1 is 1.06 bits per heavy atom. The molecule has 4 aromatic rings. The van der Waals surface area contributed by atoms with E-state index in [2.05, 4.69) is 53.7 Å². The standard InChI is InChI=1S/C27H32N6OS/c1-15-7-5-6-8-21(15)16(2)29-27-30-17(3)23(25(33-27)31-20-10-9-19(13-20)14-34)26-32-24-18(4)28-12-11-22(24)35-26/h5-8,11-12,16,19-20,34H,9-10,13-14H2,1-4H3,(H2,29,30,31,33)/t16-,19-,20+/m1/s1. The lowest BCUT2D eigenvalue weighted by molar-refractivity contribution is 0.229. The molecule has 1 fully saturated rings. The first-order valence-corrected chi connectivity index (χ1v) is 13.0. The van der Waals surface area contributed by atoms with E-state index in [0.717, 1.165) is 57.3 Å². The van der Waals surface area contributed by atoms with E-state index in [1.54, 1.807) is 11.3 Å². The fourth-order valence-corrected chi connectivity index (χ4v) is 6.11. The Balaban J connectivity index is 1.53.